The number of aromatic nitrogens is 4. The van der Waals surface area contributed by atoms with Gasteiger partial charge in [-0.2, -0.15) is 0 Å². The molecule has 2 aromatic carbocycles. The third-order valence-corrected chi connectivity index (χ3v) is 5.89. The zero-order valence-electron chi connectivity index (χ0n) is 19.9. The molecule has 0 spiro atoms. The number of benzene rings is 2. The number of nitrogens with zero attached hydrogens (tertiary/aromatic N) is 3. The number of rotatable bonds is 7. The molecular weight excluding hydrogens is 454 g/mol. The van der Waals surface area contributed by atoms with Crippen molar-refractivity contribution in [3.63, 3.8) is 0 Å². The number of H-pyrrole nitrogens is 1. The fourth-order valence-corrected chi connectivity index (χ4v) is 4.14. The van der Waals surface area contributed by atoms with Gasteiger partial charge in [-0.1, -0.05) is 12.1 Å². The van der Waals surface area contributed by atoms with Gasteiger partial charge in [0.1, 0.15) is 11.6 Å². The summed E-state index contributed by atoms with van der Waals surface area (Å²) < 4.78 is 5.38. The molecule has 0 fully saturated rings. The second-order valence-electron chi connectivity index (χ2n) is 8.51. The molecule has 3 N–H and O–H groups in total. The Labute approximate surface area is 208 Å². The number of fused-ring (bicyclic) bond motifs is 1. The van der Waals surface area contributed by atoms with Crippen LogP contribution in [0.1, 0.15) is 23.0 Å². The van der Waals surface area contributed by atoms with Crippen molar-refractivity contribution in [1.29, 1.82) is 0 Å². The van der Waals surface area contributed by atoms with E-state index in [0.29, 0.717) is 40.3 Å². The monoisotopic (exact) mass is 479 g/mol. The maximum Gasteiger partial charge on any atom is 0.251 e. The molecule has 180 valence electrons. The molecule has 1 atom stereocenters. The molecule has 0 aliphatic carbocycles. The van der Waals surface area contributed by atoms with Crippen LogP contribution < -0.4 is 10.1 Å². The van der Waals surface area contributed by atoms with E-state index in [4.69, 9.17) is 4.74 Å². The van der Waals surface area contributed by atoms with Gasteiger partial charge in [-0.3, -0.25) is 9.78 Å². The van der Waals surface area contributed by atoms with Crippen molar-refractivity contribution in [1.82, 2.24) is 25.3 Å². The number of imidazole rings is 1. The molecule has 36 heavy (non-hydrogen) atoms. The van der Waals surface area contributed by atoms with Crippen LogP contribution >= 0.6 is 0 Å². The lowest BCUT2D eigenvalue weighted by atomic mass is 10.0. The van der Waals surface area contributed by atoms with Crippen LogP contribution in [0.4, 0.5) is 0 Å². The number of methoxy groups -OCH3 is 1. The number of nitrogens with one attached hydrogen (secondary N) is 2. The number of amides is 1. The van der Waals surface area contributed by atoms with Crippen LogP contribution in [0.25, 0.3) is 33.5 Å². The predicted octanol–water partition coefficient (Wildman–Crippen LogP) is 4.76. The van der Waals surface area contributed by atoms with Crippen LogP contribution in [0.2, 0.25) is 0 Å². The van der Waals surface area contributed by atoms with Gasteiger partial charge in [0.05, 0.1) is 23.7 Å². The van der Waals surface area contributed by atoms with E-state index in [9.17, 15) is 9.90 Å². The average Bonchev–Trinajstić information content (AvgIpc) is 3.32. The molecule has 1 amide bonds. The van der Waals surface area contributed by atoms with Gasteiger partial charge in [0, 0.05) is 41.7 Å². The highest BCUT2D eigenvalue weighted by Gasteiger charge is 2.16. The number of carbonyl (C=O) groups is 1. The number of phenols is 1. The number of aromatic amines is 1. The van der Waals surface area contributed by atoms with E-state index in [1.807, 2.05) is 43.3 Å². The Bertz CT molecular complexity index is 1530. The highest BCUT2D eigenvalue weighted by Crippen LogP contribution is 2.35. The number of aromatic hydroxyl groups is 1. The lowest BCUT2D eigenvalue weighted by Crippen LogP contribution is -2.34. The Balaban J connectivity index is 1.40. The third-order valence-electron chi connectivity index (χ3n) is 5.89. The van der Waals surface area contributed by atoms with E-state index in [2.05, 4.69) is 25.3 Å². The third kappa shape index (κ3) is 4.74. The molecule has 3 aromatic heterocycles. The average molecular weight is 480 g/mol. The van der Waals surface area contributed by atoms with E-state index in [-0.39, 0.29) is 17.7 Å². The van der Waals surface area contributed by atoms with E-state index >= 15 is 0 Å². The maximum atomic E-state index is 12.9. The van der Waals surface area contributed by atoms with Crippen molar-refractivity contribution < 1.29 is 14.6 Å². The summed E-state index contributed by atoms with van der Waals surface area (Å²) in [6, 6.07) is 19.9. The molecule has 8 nitrogen and oxygen atoms in total. The van der Waals surface area contributed by atoms with Crippen LogP contribution in [0.15, 0.2) is 79.1 Å². The first-order valence-corrected chi connectivity index (χ1v) is 11.5. The largest absolute Gasteiger partial charge is 0.507 e. The zero-order valence-corrected chi connectivity index (χ0v) is 19.9. The molecular formula is C28H25N5O3. The lowest BCUT2D eigenvalue weighted by molar-refractivity contribution is 0.0940. The van der Waals surface area contributed by atoms with Gasteiger partial charge < -0.3 is 20.1 Å². The smallest absolute Gasteiger partial charge is 0.251 e. The van der Waals surface area contributed by atoms with Crippen molar-refractivity contribution in [2.45, 2.75) is 19.4 Å². The van der Waals surface area contributed by atoms with Gasteiger partial charge in [-0.25, -0.2) is 9.97 Å². The number of hydrogen-bond acceptors (Lipinski definition) is 6. The predicted molar refractivity (Wildman–Crippen MR) is 138 cm³/mol. The number of pyridine rings is 2. The van der Waals surface area contributed by atoms with Crippen LogP contribution in [0.3, 0.4) is 0 Å². The first-order valence-electron chi connectivity index (χ1n) is 11.5. The van der Waals surface area contributed by atoms with Crippen LogP contribution in [-0.2, 0) is 6.42 Å². The molecule has 0 aliphatic rings. The summed E-state index contributed by atoms with van der Waals surface area (Å²) in [4.78, 5) is 29.3. The molecule has 5 aromatic rings. The summed E-state index contributed by atoms with van der Waals surface area (Å²) in [6.07, 6.45) is 4.05. The fourth-order valence-electron chi connectivity index (χ4n) is 4.14. The van der Waals surface area contributed by atoms with E-state index in [0.717, 1.165) is 16.8 Å². The van der Waals surface area contributed by atoms with E-state index < -0.39 is 0 Å². The van der Waals surface area contributed by atoms with Gasteiger partial charge in [-0.15, -0.1) is 0 Å². The first-order chi connectivity index (χ1) is 17.5. The molecule has 0 radical (unpaired) electrons. The Morgan fingerprint density at radius 3 is 2.69 bits per heavy atom. The van der Waals surface area contributed by atoms with Gasteiger partial charge in [0.2, 0.25) is 5.88 Å². The highest BCUT2D eigenvalue weighted by molar-refractivity contribution is 5.98. The number of hydrogen-bond donors (Lipinski definition) is 3. The molecule has 0 bridgehead atoms. The minimum absolute atomic E-state index is 0.0791. The van der Waals surface area contributed by atoms with E-state index in [1.54, 1.807) is 49.8 Å². The Hall–Kier alpha value is -4.72. The van der Waals surface area contributed by atoms with Crippen molar-refractivity contribution in [2.75, 3.05) is 7.11 Å². The van der Waals surface area contributed by atoms with Crippen LogP contribution in [0, 0.1) is 0 Å². The van der Waals surface area contributed by atoms with E-state index in [1.165, 1.54) is 0 Å². The van der Waals surface area contributed by atoms with Crippen molar-refractivity contribution in [3.8, 4) is 34.1 Å². The molecule has 5 rings (SSSR count). The lowest BCUT2D eigenvalue weighted by Gasteiger charge is -2.13. The second-order valence-corrected chi connectivity index (χ2v) is 8.51. The highest BCUT2D eigenvalue weighted by atomic mass is 16.5. The fraction of sp³-hybridized carbons (Fsp3) is 0.143. The molecule has 8 heteroatoms. The number of phenolic OH excluding ortho intramolecular Hbond substituents is 1. The normalized spacial score (nSPS) is 11.8. The quantitative estimate of drug-likeness (QED) is 0.310. The van der Waals surface area contributed by atoms with Crippen LogP contribution in [-0.4, -0.2) is 44.1 Å². The summed E-state index contributed by atoms with van der Waals surface area (Å²) in [7, 11) is 1.57. The standard InChI is InChI=1S/C28H25N5O3/c1-17(14-20-6-3-4-12-29-20)31-27(35)19-8-10-23-24(16-19)33-26(32-23)22-15-18(9-11-25(22)34)21-7-5-13-30-28(21)36-2/h3-13,15-17,34H,14H2,1-2H3,(H,31,35)(H,32,33). The number of carbonyl (C=O) groups excluding carboxylic acids is 1. The summed E-state index contributed by atoms with van der Waals surface area (Å²) >= 11 is 0. The van der Waals surface area contributed by atoms with Gasteiger partial charge in [0.25, 0.3) is 5.91 Å². The SMILES string of the molecule is COc1ncccc1-c1ccc(O)c(-c2nc3ccc(C(=O)NC(C)Cc4ccccn4)cc3[nH]2)c1. The topological polar surface area (TPSA) is 113 Å². The zero-order chi connectivity index (χ0) is 25.1. The van der Waals surface area contributed by atoms with Gasteiger partial charge >= 0.3 is 0 Å². The molecule has 0 saturated carbocycles. The van der Waals surface area contributed by atoms with Crippen LogP contribution in [0.5, 0.6) is 11.6 Å². The Morgan fingerprint density at radius 2 is 1.89 bits per heavy atom. The number of ether oxygens (including phenoxy) is 1. The van der Waals surface area contributed by atoms with Crippen molar-refractivity contribution in [2.24, 2.45) is 0 Å². The van der Waals surface area contributed by atoms with Crippen molar-refractivity contribution in [3.05, 3.63) is 90.4 Å². The molecule has 1 unspecified atom stereocenters. The van der Waals surface area contributed by atoms with Gasteiger partial charge in [-0.05, 0) is 67.1 Å². The molecule has 3 heterocycles. The van der Waals surface area contributed by atoms with Crippen molar-refractivity contribution >= 4 is 16.9 Å². The van der Waals surface area contributed by atoms with Gasteiger partial charge in [0.15, 0.2) is 0 Å². The summed E-state index contributed by atoms with van der Waals surface area (Å²) in [5.74, 6) is 0.895. The minimum atomic E-state index is -0.176. The summed E-state index contributed by atoms with van der Waals surface area (Å²) in [6.45, 7) is 1.95. The minimum Gasteiger partial charge on any atom is -0.507 e. The second kappa shape index (κ2) is 9.87. The maximum absolute atomic E-state index is 12.9. The summed E-state index contributed by atoms with van der Waals surface area (Å²) in [5.41, 5.74) is 4.98. The first kappa shape index (κ1) is 23.0. The Morgan fingerprint density at radius 1 is 1.03 bits per heavy atom. The molecule has 0 aliphatic heterocycles. The Kier molecular flexibility index (Phi) is 6.32. The molecule has 0 saturated heterocycles. The summed E-state index contributed by atoms with van der Waals surface area (Å²) in [5, 5.41) is 13.6.